The van der Waals surface area contributed by atoms with Crippen molar-refractivity contribution in [1.29, 1.82) is 0 Å². The average Bonchev–Trinajstić information content (AvgIpc) is 2.57. The van der Waals surface area contributed by atoms with Crippen molar-refractivity contribution in [3.8, 4) is 0 Å². The van der Waals surface area contributed by atoms with Gasteiger partial charge in [0.2, 0.25) is 0 Å². The molecule has 1 aromatic rings. The first-order valence-corrected chi connectivity index (χ1v) is 3.35. The maximum atomic E-state index is 3.82. The van der Waals surface area contributed by atoms with E-state index >= 15 is 0 Å². The first kappa shape index (κ1) is 7.68. The van der Waals surface area contributed by atoms with Gasteiger partial charge < -0.3 is 4.98 Å². The molecular formula is C7H11N4+. The number of rotatable bonds is 0. The van der Waals surface area contributed by atoms with Crippen molar-refractivity contribution in [3.63, 3.8) is 0 Å². The van der Waals surface area contributed by atoms with E-state index in [0.29, 0.717) is 0 Å². The van der Waals surface area contributed by atoms with Crippen LogP contribution >= 0.6 is 0 Å². The van der Waals surface area contributed by atoms with Gasteiger partial charge in [-0.1, -0.05) is 0 Å². The Kier molecular flexibility index (Phi) is 3.08. The molecule has 0 aromatic carbocycles. The molecule has 2 heterocycles. The zero-order valence-corrected chi connectivity index (χ0v) is 6.36. The third-order valence-corrected chi connectivity index (χ3v) is 1.11. The number of nitrogens with one attached hydrogen (secondary N) is 2. The smallest absolute Gasteiger partial charge is 0.192 e. The van der Waals surface area contributed by atoms with Crippen LogP contribution in [0.4, 0.5) is 0 Å². The van der Waals surface area contributed by atoms with Gasteiger partial charge in [-0.05, 0) is 0 Å². The topological polar surface area (TPSA) is 45.5 Å². The number of imidazole rings is 1. The molecule has 2 N–H and O–H groups in total. The van der Waals surface area contributed by atoms with E-state index in [1.807, 2.05) is 19.6 Å². The molecule has 11 heavy (non-hydrogen) atoms. The average molecular weight is 151 g/mol. The number of hydrogen-bond acceptors (Lipinski definition) is 2. The Bertz CT molecular complexity index is 195. The van der Waals surface area contributed by atoms with Crippen LogP contribution in [0.2, 0.25) is 0 Å². The molecule has 0 saturated carbocycles. The lowest BCUT2D eigenvalue weighted by Crippen LogP contribution is -3.01. The van der Waals surface area contributed by atoms with Crippen LogP contribution in [0.5, 0.6) is 0 Å². The second-order valence-electron chi connectivity index (χ2n) is 2.10. The molecule has 0 fully saturated rings. The van der Waals surface area contributed by atoms with Crippen LogP contribution in [-0.2, 0) is 0 Å². The highest BCUT2D eigenvalue weighted by Gasteiger charge is 1.91. The third kappa shape index (κ3) is 3.32. The summed E-state index contributed by atoms with van der Waals surface area (Å²) in [6.07, 6.45) is 10.7. The summed E-state index contributed by atoms with van der Waals surface area (Å²) < 4.78 is 0. The van der Waals surface area contributed by atoms with Gasteiger partial charge in [0, 0.05) is 12.4 Å². The van der Waals surface area contributed by atoms with Gasteiger partial charge in [-0.15, -0.1) is 0 Å². The lowest BCUT2D eigenvalue weighted by molar-refractivity contribution is -0.709. The lowest BCUT2D eigenvalue weighted by Gasteiger charge is -1.87. The maximum Gasteiger partial charge on any atom is 0.192 e. The first-order chi connectivity index (χ1) is 5.39. The molecule has 2 rings (SSSR count). The van der Waals surface area contributed by atoms with E-state index < -0.39 is 0 Å². The summed E-state index contributed by atoms with van der Waals surface area (Å²) in [6.45, 7) is 0. The molecule has 1 atom stereocenters. The highest BCUT2D eigenvalue weighted by molar-refractivity contribution is 5.46. The minimum atomic E-state index is 1.23. The standard InChI is InChI=1S/C4H6N2.C3H4N2/c1-6-3-2-5-4-6;1-2-5-3-4-1/h2-4H,1H3;1-3H,(H,4,5)/p+1. The van der Waals surface area contributed by atoms with Crippen molar-refractivity contribution in [2.45, 2.75) is 0 Å². The molecule has 0 spiro atoms. The molecule has 0 bridgehead atoms. The van der Waals surface area contributed by atoms with E-state index in [2.05, 4.69) is 15.0 Å². The Labute approximate surface area is 65.3 Å². The summed E-state index contributed by atoms with van der Waals surface area (Å²) in [6, 6.07) is 0. The molecule has 1 aliphatic rings. The number of nitrogens with zero attached hydrogens (tertiary/aromatic N) is 2. The Balaban J connectivity index is 0.000000112. The van der Waals surface area contributed by atoms with Gasteiger partial charge in [-0.3, -0.25) is 4.90 Å². The molecule has 4 heteroatoms. The van der Waals surface area contributed by atoms with Crippen molar-refractivity contribution in [1.82, 2.24) is 9.97 Å². The molecule has 1 aliphatic heterocycles. The lowest BCUT2D eigenvalue weighted by atomic mass is 10.9. The molecule has 1 unspecified atom stereocenters. The summed E-state index contributed by atoms with van der Waals surface area (Å²) in [4.78, 5) is 11.5. The Morgan fingerprint density at radius 2 is 2.36 bits per heavy atom. The second-order valence-corrected chi connectivity index (χ2v) is 2.10. The minimum absolute atomic E-state index is 1.23. The van der Waals surface area contributed by atoms with Crippen LogP contribution in [0.1, 0.15) is 0 Å². The van der Waals surface area contributed by atoms with E-state index in [9.17, 15) is 0 Å². The number of H-pyrrole nitrogens is 1. The summed E-state index contributed by atoms with van der Waals surface area (Å²) in [5, 5.41) is 0. The summed E-state index contributed by atoms with van der Waals surface area (Å²) in [5.74, 6) is 0. The van der Waals surface area contributed by atoms with E-state index in [4.69, 9.17) is 0 Å². The van der Waals surface area contributed by atoms with Gasteiger partial charge in [0.1, 0.15) is 6.20 Å². The molecule has 0 amide bonds. The first-order valence-electron chi connectivity index (χ1n) is 3.35. The molecule has 58 valence electrons. The Hall–Kier alpha value is -1.42. The van der Waals surface area contributed by atoms with E-state index in [-0.39, 0.29) is 0 Å². The summed E-state index contributed by atoms with van der Waals surface area (Å²) in [7, 11) is 2.02. The largest absolute Gasteiger partial charge is 0.351 e. The van der Waals surface area contributed by atoms with E-state index in [0.717, 1.165) is 0 Å². The van der Waals surface area contributed by atoms with Gasteiger partial charge in [-0.2, -0.15) is 0 Å². The number of hydrogen-bond donors (Lipinski definition) is 2. The fourth-order valence-electron chi connectivity index (χ4n) is 0.579. The SMILES string of the molecule is C[NH+]1C=CN=C1.c1c[nH]cn1. The molecule has 4 nitrogen and oxygen atoms in total. The molecular weight excluding hydrogens is 140 g/mol. The minimum Gasteiger partial charge on any atom is -0.351 e. The van der Waals surface area contributed by atoms with Gasteiger partial charge in [0.05, 0.1) is 19.6 Å². The summed E-state index contributed by atoms with van der Waals surface area (Å²) in [5.41, 5.74) is 0. The second kappa shape index (κ2) is 4.40. The predicted molar refractivity (Wildman–Crippen MR) is 43.1 cm³/mol. The van der Waals surface area contributed by atoms with Gasteiger partial charge >= 0.3 is 0 Å². The highest BCUT2D eigenvalue weighted by atomic mass is 15.1. The van der Waals surface area contributed by atoms with E-state index in [1.54, 1.807) is 24.9 Å². The van der Waals surface area contributed by atoms with Crippen LogP contribution in [0.15, 0.2) is 36.1 Å². The third-order valence-electron chi connectivity index (χ3n) is 1.11. The van der Waals surface area contributed by atoms with Crippen molar-refractivity contribution >= 4 is 6.34 Å². The van der Waals surface area contributed by atoms with Gasteiger partial charge in [0.15, 0.2) is 6.34 Å². The molecule has 0 radical (unpaired) electrons. The fraction of sp³-hybridized carbons (Fsp3) is 0.143. The van der Waals surface area contributed by atoms with Crippen LogP contribution in [0, 0.1) is 0 Å². The fourth-order valence-corrected chi connectivity index (χ4v) is 0.579. The van der Waals surface area contributed by atoms with Crippen molar-refractivity contribution < 1.29 is 4.90 Å². The summed E-state index contributed by atoms with van der Waals surface area (Å²) >= 11 is 0. The predicted octanol–water partition coefficient (Wildman–Crippen LogP) is -0.576. The van der Waals surface area contributed by atoms with Gasteiger partial charge in [-0.25, -0.2) is 9.98 Å². The number of aromatic nitrogens is 2. The quantitative estimate of drug-likeness (QED) is 0.512. The van der Waals surface area contributed by atoms with E-state index in [1.165, 1.54) is 4.90 Å². The Morgan fingerprint density at radius 1 is 1.45 bits per heavy atom. The maximum absolute atomic E-state index is 3.82. The molecule has 0 saturated heterocycles. The monoisotopic (exact) mass is 151 g/mol. The number of aromatic amines is 1. The van der Waals surface area contributed by atoms with Gasteiger partial charge in [0.25, 0.3) is 0 Å². The molecule has 0 aliphatic carbocycles. The normalized spacial score (nSPS) is 19.5. The van der Waals surface area contributed by atoms with Crippen molar-refractivity contribution in [3.05, 3.63) is 31.1 Å². The number of aliphatic imine (C=N–C) groups is 1. The van der Waals surface area contributed by atoms with Crippen LogP contribution in [-0.4, -0.2) is 23.4 Å². The van der Waals surface area contributed by atoms with Crippen LogP contribution < -0.4 is 4.90 Å². The Morgan fingerprint density at radius 3 is 2.55 bits per heavy atom. The zero-order chi connectivity index (χ0) is 7.94. The van der Waals surface area contributed by atoms with Crippen molar-refractivity contribution in [2.75, 3.05) is 7.05 Å². The molecule has 1 aromatic heterocycles. The highest BCUT2D eigenvalue weighted by Crippen LogP contribution is 1.66. The van der Waals surface area contributed by atoms with Crippen molar-refractivity contribution in [2.24, 2.45) is 4.99 Å². The van der Waals surface area contributed by atoms with Crippen LogP contribution in [0.3, 0.4) is 0 Å². The zero-order valence-electron chi connectivity index (χ0n) is 6.36. The number of quaternary nitrogens is 1. The van der Waals surface area contributed by atoms with Crippen LogP contribution in [0.25, 0.3) is 0 Å².